The van der Waals surface area contributed by atoms with Crippen molar-refractivity contribution >= 4 is 27.5 Å². The smallest absolute Gasteiger partial charge is 0.252 e. The molecule has 1 aliphatic rings. The Morgan fingerprint density at radius 3 is 2.58 bits per heavy atom. The lowest BCUT2D eigenvalue weighted by atomic mass is 10.0. The number of nitrogens with zero attached hydrogens (tertiary/aromatic N) is 2. The highest BCUT2D eigenvalue weighted by atomic mass is 35.5. The van der Waals surface area contributed by atoms with Crippen LogP contribution in [0.1, 0.15) is 36.5 Å². The lowest BCUT2D eigenvalue weighted by Crippen LogP contribution is -2.38. The molecule has 1 aromatic carbocycles. The number of halogens is 1. The molecule has 6 nitrogen and oxygen atoms in total. The molecule has 1 fully saturated rings. The van der Waals surface area contributed by atoms with Crippen molar-refractivity contribution in [1.29, 1.82) is 0 Å². The predicted octanol–water partition coefficient (Wildman–Crippen LogP) is 2.44. The third-order valence-electron chi connectivity index (χ3n) is 4.63. The molecule has 0 bridgehead atoms. The van der Waals surface area contributed by atoms with E-state index in [0.29, 0.717) is 25.6 Å². The Balaban J connectivity index is 2.12. The van der Waals surface area contributed by atoms with Gasteiger partial charge >= 0.3 is 0 Å². The highest BCUT2D eigenvalue weighted by Gasteiger charge is 2.29. The number of sulfonamides is 1. The summed E-state index contributed by atoms with van der Waals surface area (Å²) in [6.07, 6.45) is 2.51. The Morgan fingerprint density at radius 1 is 1.31 bits per heavy atom. The molecule has 0 atom stereocenters. The summed E-state index contributed by atoms with van der Waals surface area (Å²) >= 11 is 6.13. The molecule has 1 amide bonds. The van der Waals surface area contributed by atoms with Crippen molar-refractivity contribution in [3.63, 3.8) is 0 Å². The number of rotatable bonds is 7. The van der Waals surface area contributed by atoms with Crippen molar-refractivity contribution < 1.29 is 13.2 Å². The van der Waals surface area contributed by atoms with Crippen LogP contribution in [0.5, 0.6) is 0 Å². The Labute approximate surface area is 161 Å². The fourth-order valence-electron chi connectivity index (χ4n) is 2.91. The molecule has 1 heterocycles. The topological polar surface area (TPSA) is 69.7 Å². The normalized spacial score (nSPS) is 16.8. The van der Waals surface area contributed by atoms with Crippen LogP contribution in [-0.2, 0) is 10.0 Å². The maximum Gasteiger partial charge on any atom is 0.252 e. The molecule has 8 heteroatoms. The summed E-state index contributed by atoms with van der Waals surface area (Å²) in [6.45, 7) is 4.52. The van der Waals surface area contributed by atoms with Crippen LogP contribution in [0.15, 0.2) is 23.1 Å². The second-order valence-corrected chi connectivity index (χ2v) is 9.49. The molecule has 0 spiro atoms. The van der Waals surface area contributed by atoms with E-state index in [9.17, 15) is 13.2 Å². The maximum atomic E-state index is 12.9. The van der Waals surface area contributed by atoms with Crippen molar-refractivity contribution in [3.8, 4) is 0 Å². The summed E-state index contributed by atoms with van der Waals surface area (Å²) in [7, 11) is 0.327. The maximum absolute atomic E-state index is 12.9. The van der Waals surface area contributed by atoms with Crippen LogP contribution in [0, 0.1) is 5.92 Å². The Morgan fingerprint density at radius 2 is 1.96 bits per heavy atom. The number of nitrogens with one attached hydrogen (secondary N) is 1. The van der Waals surface area contributed by atoms with E-state index in [-0.39, 0.29) is 21.4 Å². The minimum Gasteiger partial charge on any atom is -0.352 e. The molecule has 1 N–H and O–H groups in total. The first kappa shape index (κ1) is 21.2. The monoisotopic (exact) mass is 401 g/mol. The van der Waals surface area contributed by atoms with E-state index in [1.807, 2.05) is 19.0 Å². The quantitative estimate of drug-likeness (QED) is 0.712. The zero-order valence-corrected chi connectivity index (χ0v) is 17.2. The van der Waals surface area contributed by atoms with Gasteiger partial charge in [-0.3, -0.25) is 4.79 Å². The van der Waals surface area contributed by atoms with Crippen LogP contribution >= 0.6 is 11.6 Å². The third kappa shape index (κ3) is 5.42. The fourth-order valence-corrected chi connectivity index (χ4v) is 4.61. The summed E-state index contributed by atoms with van der Waals surface area (Å²) in [5, 5.41) is 3.05. The lowest BCUT2D eigenvalue weighted by molar-refractivity contribution is 0.0952. The SMILES string of the molecule is CC1CCN(S(=O)(=O)c2ccc(Cl)c(C(=O)NCCCN(C)C)c2)CC1. The van der Waals surface area contributed by atoms with Gasteiger partial charge in [0.25, 0.3) is 5.91 Å². The molecule has 0 aliphatic carbocycles. The highest BCUT2D eigenvalue weighted by Crippen LogP contribution is 2.26. The molecule has 0 radical (unpaired) electrons. The van der Waals surface area contributed by atoms with Crippen LogP contribution < -0.4 is 5.32 Å². The van der Waals surface area contributed by atoms with Gasteiger partial charge < -0.3 is 10.2 Å². The van der Waals surface area contributed by atoms with E-state index in [1.165, 1.54) is 22.5 Å². The average Bonchev–Trinajstić information content (AvgIpc) is 2.59. The number of hydrogen-bond donors (Lipinski definition) is 1. The van der Waals surface area contributed by atoms with E-state index in [2.05, 4.69) is 12.2 Å². The summed E-state index contributed by atoms with van der Waals surface area (Å²) in [6, 6.07) is 4.34. The fraction of sp³-hybridized carbons (Fsp3) is 0.611. The molecular formula is C18H28ClN3O3S. The van der Waals surface area contributed by atoms with Crippen molar-refractivity contribution in [2.24, 2.45) is 5.92 Å². The summed E-state index contributed by atoms with van der Waals surface area (Å²) in [4.78, 5) is 14.5. The number of benzene rings is 1. The lowest BCUT2D eigenvalue weighted by Gasteiger charge is -2.29. The zero-order valence-electron chi connectivity index (χ0n) is 15.7. The first-order valence-corrected chi connectivity index (χ1v) is 10.8. The highest BCUT2D eigenvalue weighted by molar-refractivity contribution is 7.89. The number of piperidine rings is 1. The largest absolute Gasteiger partial charge is 0.352 e. The van der Waals surface area contributed by atoms with Crippen LogP contribution in [0.25, 0.3) is 0 Å². The van der Waals surface area contributed by atoms with Crippen LogP contribution in [0.2, 0.25) is 5.02 Å². The van der Waals surface area contributed by atoms with Gasteiger partial charge in [0.15, 0.2) is 0 Å². The first-order chi connectivity index (χ1) is 12.2. The Bertz CT molecular complexity index is 729. The number of carbonyl (C=O) groups is 1. The van der Waals surface area contributed by atoms with Gasteiger partial charge in [0.2, 0.25) is 10.0 Å². The van der Waals surface area contributed by atoms with Gasteiger partial charge in [-0.25, -0.2) is 8.42 Å². The van der Waals surface area contributed by atoms with Gasteiger partial charge in [-0.2, -0.15) is 4.31 Å². The molecule has 1 aliphatic heterocycles. The van der Waals surface area contributed by atoms with Gasteiger partial charge in [-0.15, -0.1) is 0 Å². The van der Waals surface area contributed by atoms with E-state index >= 15 is 0 Å². The van der Waals surface area contributed by atoms with Gasteiger partial charge in [-0.05, 0) is 64.0 Å². The van der Waals surface area contributed by atoms with Crippen molar-refractivity contribution in [1.82, 2.24) is 14.5 Å². The Hall–Kier alpha value is -1.15. The van der Waals surface area contributed by atoms with Crippen LogP contribution in [0.4, 0.5) is 0 Å². The molecule has 1 saturated heterocycles. The summed E-state index contributed by atoms with van der Waals surface area (Å²) in [5.41, 5.74) is 0.197. The molecule has 0 aromatic heterocycles. The van der Waals surface area contributed by atoms with Gasteiger partial charge in [0.1, 0.15) is 0 Å². The van der Waals surface area contributed by atoms with E-state index in [4.69, 9.17) is 11.6 Å². The van der Waals surface area contributed by atoms with Gasteiger partial charge in [0, 0.05) is 19.6 Å². The first-order valence-electron chi connectivity index (χ1n) is 8.94. The van der Waals surface area contributed by atoms with Gasteiger partial charge in [0.05, 0.1) is 15.5 Å². The van der Waals surface area contributed by atoms with E-state index < -0.39 is 10.0 Å². The molecular weight excluding hydrogens is 374 g/mol. The van der Waals surface area contributed by atoms with E-state index in [1.54, 1.807) is 0 Å². The second kappa shape index (κ2) is 9.17. The molecule has 146 valence electrons. The zero-order chi connectivity index (χ0) is 19.3. The Kier molecular flexibility index (Phi) is 7.46. The molecule has 0 saturated carbocycles. The summed E-state index contributed by atoms with van der Waals surface area (Å²) < 4.78 is 27.2. The third-order valence-corrected chi connectivity index (χ3v) is 6.85. The minimum atomic E-state index is -3.61. The standard InChI is InChI=1S/C18H28ClN3O3S/c1-14-7-11-22(12-8-14)26(24,25)15-5-6-17(19)16(13-15)18(23)20-9-4-10-21(2)3/h5-6,13-14H,4,7-12H2,1-3H3,(H,20,23). The van der Waals surface area contributed by atoms with Crippen LogP contribution in [-0.4, -0.2) is 63.8 Å². The van der Waals surface area contributed by atoms with Crippen LogP contribution in [0.3, 0.4) is 0 Å². The van der Waals surface area contributed by atoms with Crippen molar-refractivity contribution in [3.05, 3.63) is 28.8 Å². The number of hydrogen-bond acceptors (Lipinski definition) is 4. The number of carbonyl (C=O) groups excluding carboxylic acids is 1. The molecule has 26 heavy (non-hydrogen) atoms. The minimum absolute atomic E-state index is 0.120. The molecule has 1 aromatic rings. The molecule has 0 unspecified atom stereocenters. The molecule has 2 rings (SSSR count). The summed E-state index contributed by atoms with van der Waals surface area (Å²) in [5.74, 6) is 0.188. The number of amides is 1. The van der Waals surface area contributed by atoms with Crippen molar-refractivity contribution in [2.45, 2.75) is 31.1 Å². The predicted molar refractivity (Wildman–Crippen MR) is 104 cm³/mol. The van der Waals surface area contributed by atoms with Gasteiger partial charge in [-0.1, -0.05) is 18.5 Å². The average molecular weight is 402 g/mol. The van der Waals surface area contributed by atoms with Crippen molar-refractivity contribution in [2.75, 3.05) is 40.3 Å². The van der Waals surface area contributed by atoms with E-state index in [0.717, 1.165) is 25.8 Å². The second-order valence-electron chi connectivity index (χ2n) is 7.14.